The van der Waals surface area contributed by atoms with E-state index in [1.165, 1.54) is 0 Å². The molecule has 1 aromatic carbocycles. The van der Waals surface area contributed by atoms with Gasteiger partial charge in [-0.3, -0.25) is 9.59 Å². The van der Waals surface area contributed by atoms with Crippen molar-refractivity contribution in [2.75, 3.05) is 0 Å². The third-order valence-corrected chi connectivity index (χ3v) is 1.97. The summed E-state index contributed by atoms with van der Waals surface area (Å²) in [6.07, 6.45) is 1.37. The van der Waals surface area contributed by atoms with E-state index in [4.69, 9.17) is 0 Å². The maximum absolute atomic E-state index is 10.4. The molecule has 0 spiro atoms. The van der Waals surface area contributed by atoms with Gasteiger partial charge in [0.15, 0.2) is 12.6 Å². The molecule has 2 nitrogen and oxygen atoms in total. The SMILES string of the molecule is O=Cc1ccc(I)cc1C=O. The standard InChI is InChI=1S/C8H5IO2/c9-8-2-1-6(4-10)7(3-8)5-11/h1-5H. The zero-order valence-electron chi connectivity index (χ0n) is 5.58. The van der Waals surface area contributed by atoms with Crippen LogP contribution >= 0.6 is 22.6 Å². The predicted molar refractivity (Wildman–Crippen MR) is 49.9 cm³/mol. The highest BCUT2D eigenvalue weighted by atomic mass is 127. The van der Waals surface area contributed by atoms with Gasteiger partial charge in [0.05, 0.1) is 0 Å². The van der Waals surface area contributed by atoms with Crippen LogP contribution in [0.1, 0.15) is 20.7 Å². The van der Waals surface area contributed by atoms with Crippen molar-refractivity contribution in [3.63, 3.8) is 0 Å². The smallest absolute Gasteiger partial charge is 0.150 e. The molecule has 56 valence electrons. The van der Waals surface area contributed by atoms with Gasteiger partial charge in [-0.2, -0.15) is 0 Å². The average molecular weight is 260 g/mol. The van der Waals surface area contributed by atoms with Gasteiger partial charge in [0.25, 0.3) is 0 Å². The zero-order chi connectivity index (χ0) is 8.27. The number of benzene rings is 1. The zero-order valence-corrected chi connectivity index (χ0v) is 7.74. The summed E-state index contributed by atoms with van der Waals surface area (Å²) in [5.41, 5.74) is 0.896. The van der Waals surface area contributed by atoms with Crippen LogP contribution in [0.3, 0.4) is 0 Å². The summed E-state index contributed by atoms with van der Waals surface area (Å²) >= 11 is 2.09. The predicted octanol–water partition coefficient (Wildman–Crippen LogP) is 1.92. The fourth-order valence-electron chi connectivity index (χ4n) is 0.755. The van der Waals surface area contributed by atoms with Gasteiger partial charge in [-0.1, -0.05) is 0 Å². The summed E-state index contributed by atoms with van der Waals surface area (Å²) in [4.78, 5) is 20.7. The highest BCUT2D eigenvalue weighted by Gasteiger charge is 1.99. The third-order valence-electron chi connectivity index (χ3n) is 1.30. The van der Waals surface area contributed by atoms with E-state index in [0.29, 0.717) is 23.7 Å². The molecule has 0 radical (unpaired) electrons. The Morgan fingerprint density at radius 1 is 1.09 bits per heavy atom. The minimum atomic E-state index is 0.445. The number of carbonyl (C=O) groups is 2. The normalized spacial score (nSPS) is 9.18. The summed E-state index contributed by atoms with van der Waals surface area (Å²) in [6, 6.07) is 5.10. The molecule has 0 amide bonds. The first kappa shape index (κ1) is 8.39. The van der Waals surface area contributed by atoms with Gasteiger partial charge in [0.2, 0.25) is 0 Å². The van der Waals surface area contributed by atoms with Crippen LogP contribution in [0.4, 0.5) is 0 Å². The van der Waals surface area contributed by atoms with E-state index < -0.39 is 0 Å². The molecule has 0 saturated carbocycles. The van der Waals surface area contributed by atoms with Crippen LogP contribution in [0.2, 0.25) is 0 Å². The lowest BCUT2D eigenvalue weighted by molar-refractivity contribution is 0.109. The second-order valence-corrected chi connectivity index (χ2v) is 3.25. The van der Waals surface area contributed by atoms with Gasteiger partial charge in [-0.25, -0.2) is 0 Å². The van der Waals surface area contributed by atoms with E-state index in [9.17, 15) is 9.59 Å². The molecule has 0 aliphatic heterocycles. The molecular formula is C8H5IO2. The number of rotatable bonds is 2. The van der Waals surface area contributed by atoms with E-state index in [1.807, 2.05) is 0 Å². The molecule has 0 unspecified atom stereocenters. The van der Waals surface area contributed by atoms with E-state index in [2.05, 4.69) is 22.6 Å². The summed E-state index contributed by atoms with van der Waals surface area (Å²) in [5.74, 6) is 0. The second-order valence-electron chi connectivity index (χ2n) is 2.01. The summed E-state index contributed by atoms with van der Waals surface area (Å²) in [7, 11) is 0. The summed E-state index contributed by atoms with van der Waals surface area (Å²) < 4.78 is 0.954. The molecule has 0 saturated heterocycles. The van der Waals surface area contributed by atoms with Crippen LogP contribution < -0.4 is 0 Å². The van der Waals surface area contributed by atoms with Gasteiger partial charge in [-0.05, 0) is 40.8 Å². The van der Waals surface area contributed by atoms with Crippen molar-refractivity contribution in [1.29, 1.82) is 0 Å². The van der Waals surface area contributed by atoms with Gasteiger partial charge < -0.3 is 0 Å². The molecule has 1 aromatic rings. The Kier molecular flexibility index (Phi) is 2.76. The van der Waals surface area contributed by atoms with Crippen molar-refractivity contribution in [1.82, 2.24) is 0 Å². The van der Waals surface area contributed by atoms with Gasteiger partial charge >= 0.3 is 0 Å². The molecule has 0 heterocycles. The van der Waals surface area contributed by atoms with Crippen molar-refractivity contribution in [3.05, 3.63) is 32.9 Å². The molecule has 0 aliphatic rings. The Morgan fingerprint density at radius 2 is 1.73 bits per heavy atom. The molecule has 0 aliphatic carbocycles. The number of hydrogen-bond donors (Lipinski definition) is 0. The van der Waals surface area contributed by atoms with Crippen LogP contribution in [0.15, 0.2) is 18.2 Å². The molecule has 0 bridgehead atoms. The maximum atomic E-state index is 10.4. The van der Waals surface area contributed by atoms with E-state index in [0.717, 1.165) is 3.57 Å². The lowest BCUT2D eigenvalue weighted by atomic mass is 10.1. The average Bonchev–Trinajstić information content (AvgIpc) is 2.04. The molecule has 0 aromatic heterocycles. The molecular weight excluding hydrogens is 255 g/mol. The Labute approximate surface area is 77.7 Å². The van der Waals surface area contributed by atoms with Gasteiger partial charge in [0.1, 0.15) is 0 Å². The lowest BCUT2D eigenvalue weighted by Crippen LogP contribution is -1.90. The van der Waals surface area contributed by atoms with Crippen LogP contribution in [-0.4, -0.2) is 12.6 Å². The van der Waals surface area contributed by atoms with Crippen molar-refractivity contribution < 1.29 is 9.59 Å². The van der Waals surface area contributed by atoms with Crippen LogP contribution in [0.25, 0.3) is 0 Å². The van der Waals surface area contributed by atoms with Crippen LogP contribution in [0, 0.1) is 3.57 Å². The Hall–Kier alpha value is -0.710. The van der Waals surface area contributed by atoms with Crippen LogP contribution in [-0.2, 0) is 0 Å². The van der Waals surface area contributed by atoms with E-state index in [1.54, 1.807) is 18.2 Å². The first-order valence-corrected chi connectivity index (χ1v) is 4.05. The molecule has 3 heteroatoms. The Balaban J connectivity index is 3.26. The Bertz CT molecular complexity index is 294. The number of hydrogen-bond acceptors (Lipinski definition) is 2. The molecule has 0 atom stereocenters. The molecule has 11 heavy (non-hydrogen) atoms. The topological polar surface area (TPSA) is 34.1 Å². The minimum Gasteiger partial charge on any atom is -0.298 e. The first-order chi connectivity index (χ1) is 5.27. The monoisotopic (exact) mass is 260 g/mol. The minimum absolute atomic E-state index is 0.445. The second kappa shape index (κ2) is 3.61. The fraction of sp³-hybridized carbons (Fsp3) is 0. The largest absolute Gasteiger partial charge is 0.298 e. The van der Waals surface area contributed by atoms with E-state index >= 15 is 0 Å². The summed E-state index contributed by atoms with van der Waals surface area (Å²) in [5, 5.41) is 0. The quantitative estimate of drug-likeness (QED) is 0.601. The lowest BCUT2D eigenvalue weighted by Gasteiger charge is -1.95. The van der Waals surface area contributed by atoms with Gasteiger partial charge in [-0.15, -0.1) is 0 Å². The highest BCUT2D eigenvalue weighted by Crippen LogP contribution is 2.09. The van der Waals surface area contributed by atoms with Crippen molar-refractivity contribution in [2.24, 2.45) is 0 Å². The molecule has 0 N–H and O–H groups in total. The van der Waals surface area contributed by atoms with Crippen molar-refractivity contribution in [2.45, 2.75) is 0 Å². The van der Waals surface area contributed by atoms with Crippen molar-refractivity contribution >= 4 is 35.2 Å². The molecule has 1 rings (SSSR count). The fourth-order valence-corrected chi connectivity index (χ4v) is 1.27. The highest BCUT2D eigenvalue weighted by molar-refractivity contribution is 14.1. The maximum Gasteiger partial charge on any atom is 0.150 e. The number of halogens is 1. The van der Waals surface area contributed by atoms with Crippen molar-refractivity contribution in [3.8, 4) is 0 Å². The Morgan fingerprint density at radius 3 is 2.27 bits per heavy atom. The van der Waals surface area contributed by atoms with Crippen LogP contribution in [0.5, 0.6) is 0 Å². The summed E-state index contributed by atoms with van der Waals surface area (Å²) in [6.45, 7) is 0. The number of aldehydes is 2. The van der Waals surface area contributed by atoms with E-state index in [-0.39, 0.29) is 0 Å². The first-order valence-electron chi connectivity index (χ1n) is 2.98. The number of carbonyl (C=O) groups excluding carboxylic acids is 2. The molecule has 0 fully saturated rings. The third kappa shape index (κ3) is 1.86. The van der Waals surface area contributed by atoms with Gasteiger partial charge in [0, 0.05) is 14.7 Å².